The maximum absolute atomic E-state index is 13.9. The van der Waals surface area contributed by atoms with Crippen molar-refractivity contribution in [2.45, 2.75) is 19.0 Å². The van der Waals surface area contributed by atoms with Gasteiger partial charge < -0.3 is 19.5 Å². The van der Waals surface area contributed by atoms with Crippen LogP contribution in [0, 0.1) is 5.82 Å². The van der Waals surface area contributed by atoms with Crippen molar-refractivity contribution in [2.75, 3.05) is 20.3 Å². The van der Waals surface area contributed by atoms with Crippen molar-refractivity contribution in [2.24, 2.45) is 0 Å². The number of urea groups is 1. The van der Waals surface area contributed by atoms with Crippen LogP contribution >= 0.6 is 0 Å². The van der Waals surface area contributed by atoms with Crippen molar-refractivity contribution in [3.05, 3.63) is 53.3 Å². The SMILES string of the molecule is COc1ccc(CN2C(=O)NC(C)(c3ccc4c(c3)OCCO4)C2=O)cc1F. The molecule has 2 aromatic rings. The molecule has 0 aromatic heterocycles. The lowest BCUT2D eigenvalue weighted by molar-refractivity contribution is -0.131. The molecule has 2 aliphatic rings. The zero-order valence-corrected chi connectivity index (χ0v) is 15.5. The third-order valence-corrected chi connectivity index (χ3v) is 4.95. The van der Waals surface area contributed by atoms with Crippen LogP contribution in [0.3, 0.4) is 0 Å². The molecular formula is C20H19FN2O5. The minimum Gasteiger partial charge on any atom is -0.494 e. The molecule has 0 bridgehead atoms. The van der Waals surface area contributed by atoms with Crippen LogP contribution in [-0.2, 0) is 16.9 Å². The Morgan fingerprint density at radius 1 is 1.14 bits per heavy atom. The number of ether oxygens (including phenoxy) is 3. The van der Waals surface area contributed by atoms with Gasteiger partial charge in [0, 0.05) is 0 Å². The smallest absolute Gasteiger partial charge is 0.325 e. The number of benzene rings is 2. The molecule has 7 nitrogen and oxygen atoms in total. The van der Waals surface area contributed by atoms with Gasteiger partial charge in [0.2, 0.25) is 0 Å². The van der Waals surface area contributed by atoms with Gasteiger partial charge in [-0.3, -0.25) is 9.69 Å². The number of hydrogen-bond donors (Lipinski definition) is 1. The van der Waals surface area contributed by atoms with Gasteiger partial charge in [-0.1, -0.05) is 12.1 Å². The molecule has 28 heavy (non-hydrogen) atoms. The number of carbonyl (C=O) groups excluding carboxylic acids is 2. The minimum atomic E-state index is -1.25. The molecule has 1 fully saturated rings. The van der Waals surface area contributed by atoms with E-state index in [0.29, 0.717) is 35.8 Å². The first-order valence-corrected chi connectivity index (χ1v) is 8.79. The summed E-state index contributed by atoms with van der Waals surface area (Å²) in [5.41, 5.74) is -0.190. The number of hydrogen-bond acceptors (Lipinski definition) is 5. The molecule has 1 unspecified atom stereocenters. The van der Waals surface area contributed by atoms with Gasteiger partial charge in [-0.15, -0.1) is 0 Å². The predicted molar refractivity (Wildman–Crippen MR) is 96.8 cm³/mol. The summed E-state index contributed by atoms with van der Waals surface area (Å²) < 4.78 is 29.9. The maximum atomic E-state index is 13.9. The highest BCUT2D eigenvalue weighted by molar-refractivity contribution is 6.07. The molecule has 8 heteroatoms. The first-order valence-electron chi connectivity index (χ1n) is 8.79. The monoisotopic (exact) mass is 386 g/mol. The fourth-order valence-electron chi connectivity index (χ4n) is 3.38. The van der Waals surface area contributed by atoms with E-state index in [1.165, 1.54) is 19.2 Å². The maximum Gasteiger partial charge on any atom is 0.325 e. The highest BCUT2D eigenvalue weighted by Crippen LogP contribution is 2.37. The molecule has 0 radical (unpaired) electrons. The van der Waals surface area contributed by atoms with Crippen LogP contribution in [0.1, 0.15) is 18.1 Å². The molecule has 2 aromatic carbocycles. The van der Waals surface area contributed by atoms with E-state index in [-0.39, 0.29) is 12.3 Å². The quantitative estimate of drug-likeness (QED) is 0.818. The van der Waals surface area contributed by atoms with Gasteiger partial charge in [-0.25, -0.2) is 9.18 Å². The summed E-state index contributed by atoms with van der Waals surface area (Å²) >= 11 is 0. The second kappa shape index (κ2) is 6.70. The predicted octanol–water partition coefficient (Wildman–Crippen LogP) is 2.57. The van der Waals surface area contributed by atoms with E-state index in [2.05, 4.69) is 5.32 Å². The van der Waals surface area contributed by atoms with Gasteiger partial charge in [0.1, 0.15) is 18.8 Å². The minimum absolute atomic E-state index is 0.0499. The number of methoxy groups -OCH3 is 1. The van der Waals surface area contributed by atoms with E-state index in [1.807, 2.05) is 0 Å². The Morgan fingerprint density at radius 3 is 2.61 bits per heavy atom. The Hall–Kier alpha value is -3.29. The van der Waals surface area contributed by atoms with Crippen molar-refractivity contribution < 1.29 is 28.2 Å². The molecule has 0 aliphatic carbocycles. The Balaban J connectivity index is 1.60. The summed E-state index contributed by atoms with van der Waals surface area (Å²) in [6.07, 6.45) is 0. The summed E-state index contributed by atoms with van der Waals surface area (Å²) in [5, 5.41) is 2.73. The number of rotatable bonds is 4. The summed E-state index contributed by atoms with van der Waals surface area (Å²) in [5.74, 6) is 0.248. The number of nitrogens with zero attached hydrogens (tertiary/aromatic N) is 1. The largest absolute Gasteiger partial charge is 0.494 e. The molecule has 1 atom stereocenters. The fraction of sp³-hybridized carbons (Fsp3) is 0.300. The average molecular weight is 386 g/mol. The molecular weight excluding hydrogens is 367 g/mol. The van der Waals surface area contributed by atoms with E-state index in [1.54, 1.807) is 31.2 Å². The number of halogens is 1. The first-order chi connectivity index (χ1) is 13.4. The van der Waals surface area contributed by atoms with E-state index < -0.39 is 23.3 Å². The second-order valence-electron chi connectivity index (χ2n) is 6.77. The molecule has 0 spiro atoms. The van der Waals surface area contributed by atoms with Crippen LogP contribution in [-0.4, -0.2) is 37.2 Å². The van der Waals surface area contributed by atoms with Crippen LogP contribution in [0.15, 0.2) is 36.4 Å². The molecule has 3 amide bonds. The van der Waals surface area contributed by atoms with Crippen molar-refractivity contribution in [1.29, 1.82) is 0 Å². The summed E-state index contributed by atoms with van der Waals surface area (Å²) in [6, 6.07) is 8.92. The molecule has 1 saturated heterocycles. The first kappa shape index (κ1) is 18.1. The number of carbonyl (C=O) groups is 2. The topological polar surface area (TPSA) is 77.1 Å². The zero-order chi connectivity index (χ0) is 19.9. The zero-order valence-electron chi connectivity index (χ0n) is 15.5. The Bertz CT molecular complexity index is 964. The van der Waals surface area contributed by atoms with Gasteiger partial charge in [0.05, 0.1) is 13.7 Å². The van der Waals surface area contributed by atoms with Crippen LogP contribution < -0.4 is 19.5 Å². The molecule has 2 heterocycles. The Kier molecular flexibility index (Phi) is 4.33. The van der Waals surface area contributed by atoms with Crippen molar-refractivity contribution in [1.82, 2.24) is 10.2 Å². The lowest BCUT2D eigenvalue weighted by atomic mass is 9.91. The lowest BCUT2D eigenvalue weighted by Gasteiger charge is -2.25. The van der Waals surface area contributed by atoms with Gasteiger partial charge in [0.15, 0.2) is 23.1 Å². The second-order valence-corrected chi connectivity index (χ2v) is 6.77. The Morgan fingerprint density at radius 2 is 1.89 bits per heavy atom. The number of fused-ring (bicyclic) bond motifs is 1. The van der Waals surface area contributed by atoms with Crippen molar-refractivity contribution >= 4 is 11.9 Å². The normalized spacial score (nSPS) is 20.9. The third-order valence-electron chi connectivity index (χ3n) is 4.95. The molecule has 0 saturated carbocycles. The van der Waals surface area contributed by atoms with Crippen LogP contribution in [0.25, 0.3) is 0 Å². The van der Waals surface area contributed by atoms with Gasteiger partial charge in [0.25, 0.3) is 5.91 Å². The highest BCUT2D eigenvalue weighted by Gasteiger charge is 2.49. The van der Waals surface area contributed by atoms with E-state index in [9.17, 15) is 14.0 Å². The van der Waals surface area contributed by atoms with Crippen LogP contribution in [0.5, 0.6) is 17.2 Å². The summed E-state index contributed by atoms with van der Waals surface area (Å²) in [7, 11) is 1.37. The van der Waals surface area contributed by atoms with E-state index in [4.69, 9.17) is 14.2 Å². The average Bonchev–Trinajstić information content (AvgIpc) is 2.92. The third kappa shape index (κ3) is 2.90. The molecule has 2 aliphatic heterocycles. The summed E-state index contributed by atoms with van der Waals surface area (Å²) in [6.45, 7) is 2.47. The van der Waals surface area contributed by atoms with Crippen molar-refractivity contribution in [3.63, 3.8) is 0 Å². The van der Waals surface area contributed by atoms with Gasteiger partial charge in [-0.2, -0.15) is 0 Å². The molecule has 1 N–H and O–H groups in total. The number of amides is 3. The van der Waals surface area contributed by atoms with Crippen LogP contribution in [0.2, 0.25) is 0 Å². The summed E-state index contributed by atoms with van der Waals surface area (Å²) in [4.78, 5) is 26.6. The van der Waals surface area contributed by atoms with E-state index >= 15 is 0 Å². The fourth-order valence-corrected chi connectivity index (χ4v) is 3.38. The van der Waals surface area contributed by atoms with Gasteiger partial charge in [-0.05, 0) is 42.3 Å². The van der Waals surface area contributed by atoms with E-state index in [0.717, 1.165) is 4.90 Å². The van der Waals surface area contributed by atoms with Crippen molar-refractivity contribution in [3.8, 4) is 17.2 Å². The molecule has 146 valence electrons. The number of imide groups is 1. The number of nitrogens with one attached hydrogen (secondary N) is 1. The highest BCUT2D eigenvalue weighted by atomic mass is 19.1. The van der Waals surface area contributed by atoms with Gasteiger partial charge >= 0.3 is 6.03 Å². The standard InChI is InChI=1S/C20H19FN2O5/c1-20(13-4-6-16-17(10-13)28-8-7-27-16)18(24)23(19(25)22-20)11-12-3-5-15(26-2)14(21)9-12/h3-6,9-10H,7-8,11H2,1-2H3,(H,22,25). The Labute approximate surface area is 161 Å². The molecule has 4 rings (SSSR count). The van der Waals surface area contributed by atoms with Crippen LogP contribution in [0.4, 0.5) is 9.18 Å². The lowest BCUT2D eigenvalue weighted by Crippen LogP contribution is -2.41.